The monoisotopic (exact) mass is 230 g/mol. The quantitative estimate of drug-likeness (QED) is 0.770. The molecule has 1 aliphatic rings. The van der Waals surface area contributed by atoms with E-state index in [0.717, 1.165) is 26.2 Å². The van der Waals surface area contributed by atoms with Crippen LogP contribution >= 0.6 is 0 Å². The van der Waals surface area contributed by atoms with Crippen molar-refractivity contribution >= 4 is 5.69 Å². The van der Waals surface area contributed by atoms with Crippen LogP contribution in [0.4, 0.5) is 5.69 Å². The smallest absolute Gasteiger partial charge is 0.0367 e. The van der Waals surface area contributed by atoms with Gasteiger partial charge in [-0.3, -0.25) is 0 Å². The van der Waals surface area contributed by atoms with Crippen molar-refractivity contribution in [2.24, 2.45) is 0 Å². The number of hydrogen-bond donors (Lipinski definition) is 0. The van der Waals surface area contributed by atoms with Crippen molar-refractivity contribution in [3.8, 4) is 0 Å². The lowest BCUT2D eigenvalue weighted by Gasteiger charge is -2.38. The minimum absolute atomic E-state index is 1.12. The Hall–Kier alpha value is -1.44. The van der Waals surface area contributed by atoms with Crippen molar-refractivity contribution in [2.75, 3.05) is 31.1 Å². The number of allylic oxidation sites excluding steroid dienone is 2. The van der Waals surface area contributed by atoms with E-state index in [4.69, 9.17) is 0 Å². The normalized spacial score (nSPS) is 15.9. The van der Waals surface area contributed by atoms with Crippen LogP contribution in [0.3, 0.4) is 0 Å². The molecule has 1 saturated heterocycles. The van der Waals surface area contributed by atoms with Gasteiger partial charge in [-0.15, -0.1) is 0 Å². The fourth-order valence-corrected chi connectivity index (χ4v) is 2.26. The lowest BCUT2D eigenvalue weighted by molar-refractivity contribution is 0.319. The third-order valence-electron chi connectivity index (χ3n) is 3.60. The highest BCUT2D eigenvalue weighted by molar-refractivity contribution is 5.46. The topological polar surface area (TPSA) is 6.48 Å². The largest absolute Gasteiger partial charge is 0.372 e. The van der Waals surface area contributed by atoms with Gasteiger partial charge in [0.15, 0.2) is 0 Å². The average molecular weight is 230 g/mol. The van der Waals surface area contributed by atoms with Crippen molar-refractivity contribution in [1.29, 1.82) is 0 Å². The molecule has 2 heteroatoms. The number of hydrogen-bond acceptors (Lipinski definition) is 2. The third-order valence-corrected chi connectivity index (χ3v) is 3.60. The first-order valence-corrected chi connectivity index (χ1v) is 6.37. The zero-order valence-corrected chi connectivity index (χ0v) is 11.1. The Kier molecular flexibility index (Phi) is 3.72. The molecule has 1 aromatic rings. The molecule has 0 unspecified atom stereocenters. The number of para-hydroxylation sites is 1. The lowest BCUT2D eigenvalue weighted by Crippen LogP contribution is -2.45. The summed E-state index contributed by atoms with van der Waals surface area (Å²) >= 11 is 0. The molecule has 1 aliphatic heterocycles. The van der Waals surface area contributed by atoms with Crippen LogP contribution in [-0.2, 0) is 0 Å². The van der Waals surface area contributed by atoms with E-state index in [9.17, 15) is 0 Å². The van der Waals surface area contributed by atoms with E-state index in [1.807, 2.05) is 0 Å². The number of rotatable bonds is 2. The Morgan fingerprint density at radius 2 is 1.47 bits per heavy atom. The Morgan fingerprint density at radius 1 is 0.882 bits per heavy atom. The fraction of sp³-hybridized carbons (Fsp3) is 0.467. The van der Waals surface area contributed by atoms with Crippen LogP contribution in [0.25, 0.3) is 0 Å². The van der Waals surface area contributed by atoms with Crippen molar-refractivity contribution in [2.45, 2.75) is 20.8 Å². The summed E-state index contributed by atoms with van der Waals surface area (Å²) in [5.74, 6) is 0. The Balaban J connectivity index is 1.97. The molecular weight excluding hydrogens is 208 g/mol. The van der Waals surface area contributed by atoms with Crippen LogP contribution in [0.5, 0.6) is 0 Å². The third kappa shape index (κ3) is 2.82. The molecule has 0 amide bonds. The van der Waals surface area contributed by atoms with Gasteiger partial charge in [0, 0.05) is 37.6 Å². The Bertz CT molecular complexity index is 383. The van der Waals surface area contributed by atoms with Gasteiger partial charge in [0.2, 0.25) is 0 Å². The molecule has 0 aliphatic carbocycles. The molecule has 0 saturated carbocycles. The van der Waals surface area contributed by atoms with E-state index < -0.39 is 0 Å². The van der Waals surface area contributed by atoms with E-state index in [0.29, 0.717) is 0 Å². The first-order valence-electron chi connectivity index (χ1n) is 6.37. The molecule has 0 atom stereocenters. The molecule has 0 bridgehead atoms. The number of anilines is 1. The predicted octanol–water partition coefficient (Wildman–Crippen LogP) is 3.12. The van der Waals surface area contributed by atoms with Crippen LogP contribution in [0.15, 0.2) is 41.6 Å². The zero-order valence-electron chi connectivity index (χ0n) is 11.1. The molecule has 92 valence electrons. The van der Waals surface area contributed by atoms with Gasteiger partial charge >= 0.3 is 0 Å². The summed E-state index contributed by atoms with van der Waals surface area (Å²) in [6.07, 6.45) is 0. The van der Waals surface area contributed by atoms with E-state index in [2.05, 4.69) is 60.9 Å². The SMILES string of the molecule is CC(C)=C(C)N1CCN(c2ccccc2)CC1. The summed E-state index contributed by atoms with van der Waals surface area (Å²) in [6.45, 7) is 11.1. The molecule has 0 aromatic heterocycles. The number of piperazine rings is 1. The van der Waals surface area contributed by atoms with Crippen LogP contribution in [0.2, 0.25) is 0 Å². The van der Waals surface area contributed by atoms with Crippen LogP contribution in [0.1, 0.15) is 20.8 Å². The Labute approximate surface area is 105 Å². The van der Waals surface area contributed by atoms with E-state index in [1.165, 1.54) is 17.0 Å². The molecule has 0 radical (unpaired) electrons. The minimum atomic E-state index is 1.12. The molecule has 2 rings (SSSR count). The second kappa shape index (κ2) is 5.26. The second-order valence-corrected chi connectivity index (χ2v) is 4.90. The molecule has 0 spiro atoms. The van der Waals surface area contributed by atoms with Crippen LogP contribution in [-0.4, -0.2) is 31.1 Å². The minimum Gasteiger partial charge on any atom is -0.372 e. The highest BCUT2D eigenvalue weighted by Gasteiger charge is 2.17. The summed E-state index contributed by atoms with van der Waals surface area (Å²) in [4.78, 5) is 4.96. The van der Waals surface area contributed by atoms with Crippen molar-refractivity contribution in [1.82, 2.24) is 4.90 Å². The number of nitrogens with zero attached hydrogens (tertiary/aromatic N) is 2. The molecule has 0 N–H and O–H groups in total. The van der Waals surface area contributed by atoms with Gasteiger partial charge in [-0.2, -0.15) is 0 Å². The highest BCUT2D eigenvalue weighted by Crippen LogP contribution is 2.18. The van der Waals surface area contributed by atoms with Crippen molar-refractivity contribution in [3.63, 3.8) is 0 Å². The molecule has 1 aromatic carbocycles. The first kappa shape index (κ1) is 12.0. The standard InChI is InChI=1S/C15H22N2/c1-13(2)14(3)16-9-11-17(12-10-16)15-7-5-4-6-8-15/h4-8H,9-12H2,1-3H3. The fourth-order valence-electron chi connectivity index (χ4n) is 2.26. The molecule has 1 heterocycles. The summed E-state index contributed by atoms with van der Waals surface area (Å²) in [5, 5.41) is 0. The molecule has 1 fully saturated rings. The summed E-state index contributed by atoms with van der Waals surface area (Å²) < 4.78 is 0. The zero-order chi connectivity index (χ0) is 12.3. The van der Waals surface area contributed by atoms with Gasteiger partial charge in [0.05, 0.1) is 0 Å². The average Bonchev–Trinajstić information content (AvgIpc) is 2.39. The van der Waals surface area contributed by atoms with Crippen molar-refractivity contribution < 1.29 is 0 Å². The molecular formula is C15H22N2. The molecule has 2 nitrogen and oxygen atoms in total. The van der Waals surface area contributed by atoms with Crippen molar-refractivity contribution in [3.05, 3.63) is 41.6 Å². The van der Waals surface area contributed by atoms with Gasteiger partial charge in [-0.1, -0.05) is 23.8 Å². The van der Waals surface area contributed by atoms with Gasteiger partial charge in [-0.25, -0.2) is 0 Å². The highest BCUT2D eigenvalue weighted by atomic mass is 15.3. The Morgan fingerprint density at radius 3 is 2.00 bits per heavy atom. The maximum atomic E-state index is 2.49. The van der Waals surface area contributed by atoms with Gasteiger partial charge in [0.1, 0.15) is 0 Å². The van der Waals surface area contributed by atoms with E-state index in [-0.39, 0.29) is 0 Å². The van der Waals surface area contributed by atoms with E-state index >= 15 is 0 Å². The predicted molar refractivity (Wildman–Crippen MR) is 74.3 cm³/mol. The second-order valence-electron chi connectivity index (χ2n) is 4.90. The summed E-state index contributed by atoms with van der Waals surface area (Å²) in [5.41, 5.74) is 4.22. The van der Waals surface area contributed by atoms with Gasteiger partial charge in [-0.05, 0) is 32.9 Å². The van der Waals surface area contributed by atoms with E-state index in [1.54, 1.807) is 0 Å². The first-order chi connectivity index (χ1) is 8.18. The maximum Gasteiger partial charge on any atom is 0.0367 e. The lowest BCUT2D eigenvalue weighted by atomic mass is 10.2. The van der Waals surface area contributed by atoms with Crippen LogP contribution in [0, 0.1) is 0 Å². The summed E-state index contributed by atoms with van der Waals surface area (Å²) in [6, 6.07) is 10.7. The maximum absolute atomic E-state index is 2.49. The van der Waals surface area contributed by atoms with Crippen LogP contribution < -0.4 is 4.90 Å². The van der Waals surface area contributed by atoms with Gasteiger partial charge < -0.3 is 9.80 Å². The molecule has 17 heavy (non-hydrogen) atoms. The summed E-state index contributed by atoms with van der Waals surface area (Å²) in [7, 11) is 0. The van der Waals surface area contributed by atoms with Gasteiger partial charge in [0.25, 0.3) is 0 Å². The number of benzene rings is 1.